The Balaban J connectivity index is 2.14. The van der Waals surface area contributed by atoms with E-state index in [-0.39, 0.29) is 29.7 Å². The van der Waals surface area contributed by atoms with Crippen LogP contribution in [0.5, 0.6) is 0 Å². The Kier molecular flexibility index (Phi) is 2.97. The van der Waals surface area contributed by atoms with Crippen LogP contribution in [0.25, 0.3) is 0 Å². The number of fused-ring (bicyclic) bond motifs is 1. The van der Waals surface area contributed by atoms with E-state index in [1.54, 1.807) is 0 Å². The highest BCUT2D eigenvalue weighted by Gasteiger charge is 2.50. The number of hydrogen-bond acceptors (Lipinski definition) is 3. The summed E-state index contributed by atoms with van der Waals surface area (Å²) in [7, 11) is 0. The molecule has 1 heterocycles. The third-order valence-electron chi connectivity index (χ3n) is 3.56. The highest BCUT2D eigenvalue weighted by molar-refractivity contribution is 7.80. The molecule has 0 aromatic heterocycles. The third-order valence-corrected chi connectivity index (χ3v) is 3.73. The minimum atomic E-state index is -0.192. The molecule has 4 nitrogen and oxygen atoms in total. The average molecular weight is 240 g/mol. The highest BCUT2D eigenvalue weighted by atomic mass is 32.1. The lowest BCUT2D eigenvalue weighted by Crippen LogP contribution is -2.41. The molecule has 0 spiro atoms. The van der Waals surface area contributed by atoms with Gasteiger partial charge in [0.2, 0.25) is 11.8 Å². The van der Waals surface area contributed by atoms with Crippen molar-refractivity contribution in [3.63, 3.8) is 0 Å². The summed E-state index contributed by atoms with van der Waals surface area (Å²) in [5.74, 6) is -0.171. The molecule has 2 fully saturated rings. The Hall–Kier alpha value is -0.970. The summed E-state index contributed by atoms with van der Waals surface area (Å²) in [5, 5.41) is 0. The van der Waals surface area contributed by atoms with Crippen molar-refractivity contribution >= 4 is 29.0 Å². The molecule has 88 valence electrons. The summed E-state index contributed by atoms with van der Waals surface area (Å²) in [5.41, 5.74) is 5.45. The number of carbonyl (C=O) groups is 2. The maximum Gasteiger partial charge on any atom is 0.233 e. The number of likely N-dealkylation sites (tertiary alicyclic amines) is 1. The molecule has 2 N–H and O–H groups in total. The van der Waals surface area contributed by atoms with Crippen LogP contribution in [0.3, 0.4) is 0 Å². The molecular formula is C11H16N2O2S. The van der Waals surface area contributed by atoms with Crippen molar-refractivity contribution in [2.75, 3.05) is 0 Å². The van der Waals surface area contributed by atoms with Crippen LogP contribution in [-0.2, 0) is 9.59 Å². The molecule has 5 heteroatoms. The Labute approximate surface area is 100 Å². The quantitative estimate of drug-likeness (QED) is 0.586. The monoisotopic (exact) mass is 240 g/mol. The van der Waals surface area contributed by atoms with Gasteiger partial charge in [-0.15, -0.1) is 0 Å². The maximum absolute atomic E-state index is 12.0. The molecule has 1 aliphatic heterocycles. The molecular weight excluding hydrogens is 224 g/mol. The molecule has 0 bridgehead atoms. The molecule has 0 aromatic carbocycles. The molecule has 2 rings (SSSR count). The fourth-order valence-electron chi connectivity index (χ4n) is 2.83. The number of hydrogen-bond donors (Lipinski definition) is 1. The van der Waals surface area contributed by atoms with Gasteiger partial charge in [0.15, 0.2) is 0 Å². The minimum Gasteiger partial charge on any atom is -0.393 e. The Morgan fingerprint density at radius 1 is 1.44 bits per heavy atom. The van der Waals surface area contributed by atoms with E-state index < -0.39 is 0 Å². The van der Waals surface area contributed by atoms with Gasteiger partial charge in [0, 0.05) is 12.5 Å². The third kappa shape index (κ3) is 1.73. The lowest BCUT2D eigenvalue weighted by molar-refractivity contribution is -0.142. The predicted molar refractivity (Wildman–Crippen MR) is 63.5 cm³/mol. The van der Waals surface area contributed by atoms with E-state index >= 15 is 0 Å². The summed E-state index contributed by atoms with van der Waals surface area (Å²) in [4.78, 5) is 25.8. The van der Waals surface area contributed by atoms with Gasteiger partial charge in [-0.2, -0.15) is 0 Å². The van der Waals surface area contributed by atoms with Gasteiger partial charge in [-0.05, 0) is 19.8 Å². The van der Waals surface area contributed by atoms with E-state index in [1.165, 1.54) is 4.90 Å². The summed E-state index contributed by atoms with van der Waals surface area (Å²) < 4.78 is 0. The molecule has 3 atom stereocenters. The summed E-state index contributed by atoms with van der Waals surface area (Å²) >= 11 is 4.81. The lowest BCUT2D eigenvalue weighted by Gasteiger charge is -2.23. The zero-order valence-corrected chi connectivity index (χ0v) is 10.1. The fourth-order valence-corrected chi connectivity index (χ4v) is 3.08. The van der Waals surface area contributed by atoms with Gasteiger partial charge in [-0.1, -0.05) is 18.6 Å². The summed E-state index contributed by atoms with van der Waals surface area (Å²) in [6, 6.07) is -0.192. The van der Waals surface area contributed by atoms with Crippen LogP contribution >= 0.6 is 12.2 Å². The number of amides is 2. The highest BCUT2D eigenvalue weighted by Crippen LogP contribution is 2.40. The van der Waals surface area contributed by atoms with Crippen molar-refractivity contribution in [3.8, 4) is 0 Å². The van der Waals surface area contributed by atoms with E-state index in [0.29, 0.717) is 11.4 Å². The maximum atomic E-state index is 12.0. The van der Waals surface area contributed by atoms with Crippen molar-refractivity contribution in [3.05, 3.63) is 0 Å². The summed E-state index contributed by atoms with van der Waals surface area (Å²) in [6.07, 6.45) is 3.12. The van der Waals surface area contributed by atoms with Crippen molar-refractivity contribution in [2.45, 2.75) is 38.6 Å². The van der Waals surface area contributed by atoms with Crippen LogP contribution in [0.1, 0.15) is 32.6 Å². The number of imide groups is 1. The minimum absolute atomic E-state index is 0.0174. The van der Waals surface area contributed by atoms with Gasteiger partial charge in [0.1, 0.15) is 0 Å². The molecule has 0 radical (unpaired) electrons. The average Bonchev–Trinajstić information content (AvgIpc) is 2.70. The van der Waals surface area contributed by atoms with Crippen molar-refractivity contribution in [1.29, 1.82) is 0 Å². The molecule has 2 aliphatic rings. The largest absolute Gasteiger partial charge is 0.393 e. The molecule has 16 heavy (non-hydrogen) atoms. The van der Waals surface area contributed by atoms with Crippen molar-refractivity contribution < 1.29 is 9.59 Å². The number of nitrogens with two attached hydrogens (primary N) is 1. The molecule has 2 amide bonds. The predicted octanol–water partition coefficient (Wildman–Crippen LogP) is 0.836. The van der Waals surface area contributed by atoms with Gasteiger partial charge in [-0.3, -0.25) is 14.5 Å². The van der Waals surface area contributed by atoms with E-state index in [0.717, 1.165) is 19.3 Å². The topological polar surface area (TPSA) is 63.4 Å². The molecule has 3 unspecified atom stereocenters. The first-order valence-electron chi connectivity index (χ1n) is 5.67. The molecule has 1 saturated carbocycles. The van der Waals surface area contributed by atoms with Gasteiger partial charge in [0.25, 0.3) is 0 Å². The summed E-state index contributed by atoms with van der Waals surface area (Å²) in [6.45, 7) is 1.83. The SMILES string of the molecule is CC(CC(N)=S)N1C(=O)C2CCCC2C1=O. The first-order chi connectivity index (χ1) is 7.52. The van der Waals surface area contributed by atoms with Gasteiger partial charge in [-0.25, -0.2) is 0 Å². The zero-order valence-electron chi connectivity index (χ0n) is 9.31. The van der Waals surface area contributed by atoms with Gasteiger partial charge in [0.05, 0.1) is 16.8 Å². The Morgan fingerprint density at radius 2 is 1.94 bits per heavy atom. The number of rotatable bonds is 3. The standard InChI is InChI=1S/C11H16N2O2S/c1-6(5-9(12)16)13-10(14)7-3-2-4-8(7)11(13)15/h6-8H,2-5H2,1H3,(H2,12,16). The van der Waals surface area contributed by atoms with Crippen LogP contribution in [0.4, 0.5) is 0 Å². The molecule has 0 aromatic rings. The van der Waals surface area contributed by atoms with E-state index in [2.05, 4.69) is 0 Å². The van der Waals surface area contributed by atoms with Gasteiger partial charge < -0.3 is 5.73 Å². The number of thiocarbonyl (C=S) groups is 1. The van der Waals surface area contributed by atoms with Crippen LogP contribution in [0.15, 0.2) is 0 Å². The Bertz CT molecular complexity index is 334. The van der Waals surface area contributed by atoms with E-state index in [4.69, 9.17) is 18.0 Å². The molecule has 1 saturated heterocycles. The second-order valence-electron chi connectivity index (χ2n) is 4.71. The van der Waals surface area contributed by atoms with E-state index in [1.807, 2.05) is 6.92 Å². The normalized spacial score (nSPS) is 30.7. The first-order valence-corrected chi connectivity index (χ1v) is 6.08. The smallest absolute Gasteiger partial charge is 0.233 e. The lowest BCUT2D eigenvalue weighted by atomic mass is 10.00. The van der Waals surface area contributed by atoms with Gasteiger partial charge >= 0.3 is 0 Å². The zero-order chi connectivity index (χ0) is 11.9. The van der Waals surface area contributed by atoms with Crippen LogP contribution in [-0.4, -0.2) is 27.7 Å². The van der Waals surface area contributed by atoms with Crippen LogP contribution in [0, 0.1) is 11.8 Å². The first kappa shape index (κ1) is 11.5. The number of carbonyl (C=O) groups excluding carboxylic acids is 2. The molecule has 1 aliphatic carbocycles. The number of nitrogens with zero attached hydrogens (tertiary/aromatic N) is 1. The van der Waals surface area contributed by atoms with Crippen molar-refractivity contribution in [1.82, 2.24) is 4.90 Å². The van der Waals surface area contributed by atoms with Crippen molar-refractivity contribution in [2.24, 2.45) is 17.6 Å². The fraction of sp³-hybridized carbons (Fsp3) is 0.727. The second kappa shape index (κ2) is 4.13. The van der Waals surface area contributed by atoms with Crippen LogP contribution < -0.4 is 5.73 Å². The van der Waals surface area contributed by atoms with E-state index in [9.17, 15) is 9.59 Å². The Morgan fingerprint density at radius 3 is 2.38 bits per heavy atom. The second-order valence-corrected chi connectivity index (χ2v) is 5.23. The van der Waals surface area contributed by atoms with Crippen LogP contribution in [0.2, 0.25) is 0 Å².